The molecule has 1 aromatic heterocycles. The van der Waals surface area contributed by atoms with Crippen LogP contribution in [-0.4, -0.2) is 42.9 Å². The van der Waals surface area contributed by atoms with Crippen LogP contribution in [0.3, 0.4) is 0 Å². The van der Waals surface area contributed by atoms with Crippen LogP contribution in [0.25, 0.3) is 0 Å². The molecule has 1 aromatic carbocycles. The second-order valence-corrected chi connectivity index (χ2v) is 7.33. The normalized spacial score (nSPS) is 14.7. The lowest BCUT2D eigenvalue weighted by atomic mass is 10.1. The molecule has 0 radical (unpaired) electrons. The highest BCUT2D eigenvalue weighted by Crippen LogP contribution is 2.27. The molecule has 0 unspecified atom stereocenters. The summed E-state index contributed by atoms with van der Waals surface area (Å²) in [6.45, 7) is 0.692. The summed E-state index contributed by atoms with van der Waals surface area (Å²) in [6, 6.07) is 9.64. The SMILES string of the molecule is COc1ccc(CCNc2ccc(C(=O)NC3CCCCCC3)nn2)cc1OC. The summed E-state index contributed by atoms with van der Waals surface area (Å²) >= 11 is 0. The number of carbonyl (C=O) groups excluding carboxylic acids is 1. The Morgan fingerprint density at radius 1 is 1.00 bits per heavy atom. The average molecular weight is 399 g/mol. The number of hydrogen-bond acceptors (Lipinski definition) is 6. The third kappa shape index (κ3) is 6.07. The van der Waals surface area contributed by atoms with Crippen LogP contribution in [0.5, 0.6) is 11.5 Å². The van der Waals surface area contributed by atoms with Gasteiger partial charge in [-0.1, -0.05) is 31.7 Å². The number of nitrogens with zero attached hydrogens (tertiary/aromatic N) is 2. The van der Waals surface area contributed by atoms with Gasteiger partial charge in [-0.05, 0) is 49.1 Å². The highest BCUT2D eigenvalue weighted by molar-refractivity contribution is 5.92. The summed E-state index contributed by atoms with van der Waals surface area (Å²) < 4.78 is 10.6. The Hall–Kier alpha value is -2.83. The molecule has 0 atom stereocenters. The molecule has 0 saturated heterocycles. The highest BCUT2D eigenvalue weighted by Gasteiger charge is 2.16. The van der Waals surface area contributed by atoms with Gasteiger partial charge in [0.2, 0.25) is 0 Å². The number of benzene rings is 1. The van der Waals surface area contributed by atoms with Crippen molar-refractivity contribution in [2.24, 2.45) is 0 Å². The van der Waals surface area contributed by atoms with Gasteiger partial charge in [0.15, 0.2) is 17.2 Å². The van der Waals surface area contributed by atoms with Crippen LogP contribution in [0, 0.1) is 0 Å². The van der Waals surface area contributed by atoms with Gasteiger partial charge < -0.3 is 20.1 Å². The molecule has 2 aromatic rings. The summed E-state index contributed by atoms with van der Waals surface area (Å²) in [6.07, 6.45) is 7.78. The zero-order valence-electron chi connectivity index (χ0n) is 17.2. The van der Waals surface area contributed by atoms with E-state index in [1.54, 1.807) is 26.4 Å². The number of aromatic nitrogens is 2. The van der Waals surface area contributed by atoms with Gasteiger partial charge in [0.05, 0.1) is 14.2 Å². The first-order valence-corrected chi connectivity index (χ1v) is 10.3. The molecule has 29 heavy (non-hydrogen) atoms. The summed E-state index contributed by atoms with van der Waals surface area (Å²) in [5.41, 5.74) is 1.49. The first kappa shape index (κ1) is 20.9. The second-order valence-electron chi connectivity index (χ2n) is 7.33. The second kappa shape index (κ2) is 10.6. The summed E-state index contributed by atoms with van der Waals surface area (Å²) in [5.74, 6) is 1.94. The van der Waals surface area contributed by atoms with Gasteiger partial charge in [-0.25, -0.2) is 0 Å². The zero-order chi connectivity index (χ0) is 20.5. The molecule has 7 nitrogen and oxygen atoms in total. The topological polar surface area (TPSA) is 85.4 Å². The first-order valence-electron chi connectivity index (χ1n) is 10.3. The fourth-order valence-corrected chi connectivity index (χ4v) is 3.60. The van der Waals surface area contributed by atoms with E-state index in [0.29, 0.717) is 29.6 Å². The smallest absolute Gasteiger partial charge is 0.272 e. The average Bonchev–Trinajstić information content (AvgIpc) is 3.02. The van der Waals surface area contributed by atoms with Crippen LogP contribution in [0.1, 0.15) is 54.6 Å². The van der Waals surface area contributed by atoms with E-state index in [-0.39, 0.29) is 11.9 Å². The fraction of sp³-hybridized carbons (Fsp3) is 0.500. The van der Waals surface area contributed by atoms with Crippen molar-refractivity contribution in [1.29, 1.82) is 0 Å². The molecule has 1 fully saturated rings. The Morgan fingerprint density at radius 2 is 1.76 bits per heavy atom. The van der Waals surface area contributed by atoms with E-state index in [1.165, 1.54) is 25.7 Å². The van der Waals surface area contributed by atoms with Crippen molar-refractivity contribution in [2.45, 2.75) is 51.0 Å². The van der Waals surface area contributed by atoms with Crippen molar-refractivity contribution in [1.82, 2.24) is 15.5 Å². The van der Waals surface area contributed by atoms with Crippen molar-refractivity contribution in [3.05, 3.63) is 41.6 Å². The Morgan fingerprint density at radius 3 is 2.41 bits per heavy atom. The fourth-order valence-electron chi connectivity index (χ4n) is 3.60. The van der Waals surface area contributed by atoms with E-state index in [4.69, 9.17) is 9.47 Å². The van der Waals surface area contributed by atoms with Gasteiger partial charge >= 0.3 is 0 Å². The molecule has 1 heterocycles. The molecular formula is C22H30N4O3. The molecular weight excluding hydrogens is 368 g/mol. The maximum absolute atomic E-state index is 12.4. The van der Waals surface area contributed by atoms with Gasteiger partial charge in [-0.3, -0.25) is 4.79 Å². The Kier molecular flexibility index (Phi) is 7.67. The molecule has 1 aliphatic rings. The van der Waals surface area contributed by atoms with Gasteiger partial charge in [-0.2, -0.15) is 0 Å². The van der Waals surface area contributed by atoms with Crippen LogP contribution in [0.2, 0.25) is 0 Å². The molecule has 1 amide bonds. The number of anilines is 1. The predicted octanol–water partition coefficient (Wildman–Crippen LogP) is 3.60. The van der Waals surface area contributed by atoms with Gasteiger partial charge in [-0.15, -0.1) is 10.2 Å². The number of carbonyl (C=O) groups is 1. The zero-order valence-corrected chi connectivity index (χ0v) is 17.2. The minimum atomic E-state index is -0.138. The van der Waals surface area contributed by atoms with E-state index in [1.807, 2.05) is 18.2 Å². The number of rotatable bonds is 8. The highest BCUT2D eigenvalue weighted by atomic mass is 16.5. The standard InChI is InChI=1S/C22H30N4O3/c1-28-19-11-9-16(15-20(19)29-2)13-14-23-21-12-10-18(25-26-21)22(27)24-17-7-5-3-4-6-8-17/h9-12,15,17H,3-8,13-14H2,1-2H3,(H,23,26)(H,24,27). The molecule has 7 heteroatoms. The van der Waals surface area contributed by atoms with Crippen molar-refractivity contribution in [3.8, 4) is 11.5 Å². The Labute approximate surface area is 172 Å². The van der Waals surface area contributed by atoms with Crippen LogP contribution >= 0.6 is 0 Å². The number of ether oxygens (including phenoxy) is 2. The van der Waals surface area contributed by atoms with Crippen molar-refractivity contribution < 1.29 is 14.3 Å². The van der Waals surface area contributed by atoms with Crippen molar-refractivity contribution in [2.75, 3.05) is 26.1 Å². The van der Waals surface area contributed by atoms with E-state index in [0.717, 1.165) is 24.8 Å². The largest absolute Gasteiger partial charge is 0.493 e. The minimum Gasteiger partial charge on any atom is -0.493 e. The molecule has 2 N–H and O–H groups in total. The summed E-state index contributed by atoms with van der Waals surface area (Å²) in [4.78, 5) is 12.4. The number of amides is 1. The van der Waals surface area contributed by atoms with Crippen LogP contribution in [0.15, 0.2) is 30.3 Å². The van der Waals surface area contributed by atoms with Crippen LogP contribution in [0.4, 0.5) is 5.82 Å². The molecule has 3 rings (SSSR count). The molecule has 1 aliphatic carbocycles. The van der Waals surface area contributed by atoms with E-state index in [9.17, 15) is 4.79 Å². The lowest BCUT2D eigenvalue weighted by Crippen LogP contribution is -2.35. The number of hydrogen-bond donors (Lipinski definition) is 2. The van der Waals surface area contributed by atoms with E-state index >= 15 is 0 Å². The third-order valence-electron chi connectivity index (χ3n) is 5.26. The molecule has 1 saturated carbocycles. The number of nitrogens with one attached hydrogen (secondary N) is 2. The van der Waals surface area contributed by atoms with Crippen molar-refractivity contribution >= 4 is 11.7 Å². The Bertz CT molecular complexity index is 787. The Balaban J connectivity index is 1.48. The predicted molar refractivity (Wildman–Crippen MR) is 113 cm³/mol. The lowest BCUT2D eigenvalue weighted by Gasteiger charge is -2.15. The van der Waals surface area contributed by atoms with E-state index in [2.05, 4.69) is 20.8 Å². The third-order valence-corrected chi connectivity index (χ3v) is 5.26. The van der Waals surface area contributed by atoms with Gasteiger partial charge in [0.25, 0.3) is 5.91 Å². The van der Waals surface area contributed by atoms with E-state index < -0.39 is 0 Å². The van der Waals surface area contributed by atoms with Crippen LogP contribution in [-0.2, 0) is 6.42 Å². The number of methoxy groups -OCH3 is 2. The molecule has 0 bridgehead atoms. The quantitative estimate of drug-likeness (QED) is 0.661. The summed E-state index contributed by atoms with van der Waals surface area (Å²) in [5, 5.41) is 14.6. The van der Waals surface area contributed by atoms with Crippen LogP contribution < -0.4 is 20.1 Å². The van der Waals surface area contributed by atoms with Gasteiger partial charge in [0, 0.05) is 12.6 Å². The maximum atomic E-state index is 12.4. The lowest BCUT2D eigenvalue weighted by molar-refractivity contribution is 0.0927. The monoisotopic (exact) mass is 398 g/mol. The first-order chi connectivity index (χ1) is 14.2. The summed E-state index contributed by atoms with van der Waals surface area (Å²) in [7, 11) is 3.25. The van der Waals surface area contributed by atoms with Crippen molar-refractivity contribution in [3.63, 3.8) is 0 Å². The molecule has 156 valence electrons. The maximum Gasteiger partial charge on any atom is 0.272 e. The molecule has 0 aliphatic heterocycles. The van der Waals surface area contributed by atoms with Gasteiger partial charge in [0.1, 0.15) is 5.82 Å². The minimum absolute atomic E-state index is 0.138. The molecule has 0 spiro atoms.